The van der Waals surface area contributed by atoms with E-state index in [1.165, 1.54) is 0 Å². The first-order valence-corrected chi connectivity index (χ1v) is 9.15. The number of guanidine groups is 1. The number of aromatic amines is 1. The molecule has 3 rings (SSSR count). The molecular weight excluding hydrogens is 455 g/mol. The highest BCUT2D eigenvalue weighted by molar-refractivity contribution is 14.0. The van der Waals surface area contributed by atoms with Crippen LogP contribution in [-0.2, 0) is 11.3 Å². The van der Waals surface area contributed by atoms with Crippen molar-refractivity contribution in [2.24, 2.45) is 10.9 Å². The minimum absolute atomic E-state index is 0. The number of hydrogen-bond donors (Lipinski definition) is 4. The third-order valence-electron chi connectivity index (χ3n) is 4.11. The number of imidazole rings is 1. The molecule has 0 radical (unpaired) electrons. The van der Waals surface area contributed by atoms with E-state index in [2.05, 4.69) is 30.9 Å². The lowest BCUT2D eigenvalue weighted by Crippen LogP contribution is -2.41. The molecule has 1 aromatic heterocycles. The van der Waals surface area contributed by atoms with Crippen molar-refractivity contribution in [3.8, 4) is 11.3 Å². The molecule has 1 amide bonds. The Morgan fingerprint density at radius 3 is 2.63 bits per heavy atom. The molecule has 0 unspecified atom stereocenters. The van der Waals surface area contributed by atoms with Crippen LogP contribution < -0.4 is 16.0 Å². The van der Waals surface area contributed by atoms with Crippen LogP contribution in [-0.4, -0.2) is 41.5 Å². The van der Waals surface area contributed by atoms with Gasteiger partial charge in [-0.05, 0) is 25.3 Å². The zero-order chi connectivity index (χ0) is 18.2. The van der Waals surface area contributed by atoms with E-state index in [0.717, 1.165) is 36.5 Å². The Balaban J connectivity index is 0.00000261. The second-order valence-corrected chi connectivity index (χ2v) is 6.30. The fraction of sp³-hybridized carbons (Fsp3) is 0.421. The maximum Gasteiger partial charge on any atom is 0.223 e. The number of H-pyrrole nitrogens is 1. The minimum atomic E-state index is 0. The molecule has 7 nitrogen and oxygen atoms in total. The second kappa shape index (κ2) is 10.9. The summed E-state index contributed by atoms with van der Waals surface area (Å²) in [6, 6.07) is 10.1. The van der Waals surface area contributed by atoms with Crippen LogP contribution in [0.1, 0.15) is 25.6 Å². The van der Waals surface area contributed by atoms with Gasteiger partial charge in [0.25, 0.3) is 0 Å². The Kier molecular flexibility index (Phi) is 8.56. The number of carbonyl (C=O) groups is 1. The third kappa shape index (κ3) is 6.85. The van der Waals surface area contributed by atoms with E-state index in [1.54, 1.807) is 0 Å². The molecule has 4 N–H and O–H groups in total. The summed E-state index contributed by atoms with van der Waals surface area (Å²) in [5.74, 6) is 1.93. The lowest BCUT2D eigenvalue weighted by molar-refractivity contribution is -0.122. The SMILES string of the molecule is CCNC(=NCc1ncc(-c2ccccc2)[nH]1)NCCNC(=O)C1CC1.I. The fourth-order valence-corrected chi connectivity index (χ4v) is 2.56. The maximum absolute atomic E-state index is 11.6. The molecule has 0 spiro atoms. The monoisotopic (exact) mass is 482 g/mol. The second-order valence-electron chi connectivity index (χ2n) is 6.30. The number of aliphatic imine (C=N–C) groups is 1. The van der Waals surface area contributed by atoms with Crippen molar-refractivity contribution in [1.29, 1.82) is 0 Å². The van der Waals surface area contributed by atoms with Crippen molar-refractivity contribution in [1.82, 2.24) is 25.9 Å². The van der Waals surface area contributed by atoms with E-state index in [9.17, 15) is 4.79 Å². The first-order chi connectivity index (χ1) is 12.8. The molecule has 0 bridgehead atoms. The number of amides is 1. The normalized spacial score (nSPS) is 13.6. The van der Waals surface area contributed by atoms with Crippen molar-refractivity contribution in [2.45, 2.75) is 26.3 Å². The summed E-state index contributed by atoms with van der Waals surface area (Å²) in [6.45, 7) is 4.48. The molecule has 8 heteroatoms. The molecule has 1 saturated carbocycles. The predicted octanol–water partition coefficient (Wildman–Crippen LogP) is 2.28. The van der Waals surface area contributed by atoms with Crippen molar-refractivity contribution >= 4 is 35.8 Å². The van der Waals surface area contributed by atoms with Crippen LogP contribution in [0, 0.1) is 5.92 Å². The van der Waals surface area contributed by atoms with Crippen LogP contribution in [0.5, 0.6) is 0 Å². The van der Waals surface area contributed by atoms with E-state index in [0.29, 0.717) is 25.6 Å². The predicted molar refractivity (Wildman–Crippen MR) is 118 cm³/mol. The molecule has 2 aromatic rings. The van der Waals surface area contributed by atoms with E-state index in [4.69, 9.17) is 0 Å². The first-order valence-electron chi connectivity index (χ1n) is 9.15. The third-order valence-corrected chi connectivity index (χ3v) is 4.11. The van der Waals surface area contributed by atoms with Gasteiger partial charge in [-0.25, -0.2) is 9.98 Å². The molecule has 27 heavy (non-hydrogen) atoms. The quantitative estimate of drug-likeness (QED) is 0.201. The van der Waals surface area contributed by atoms with Crippen molar-refractivity contribution in [2.75, 3.05) is 19.6 Å². The summed E-state index contributed by atoms with van der Waals surface area (Å²) in [5.41, 5.74) is 2.09. The number of nitrogens with zero attached hydrogens (tertiary/aromatic N) is 2. The lowest BCUT2D eigenvalue weighted by atomic mass is 10.2. The summed E-state index contributed by atoms with van der Waals surface area (Å²) >= 11 is 0. The number of nitrogens with one attached hydrogen (secondary N) is 4. The molecule has 0 atom stereocenters. The summed E-state index contributed by atoms with van der Waals surface area (Å²) in [4.78, 5) is 23.8. The Morgan fingerprint density at radius 1 is 1.19 bits per heavy atom. The van der Waals surface area contributed by atoms with Gasteiger partial charge in [-0.15, -0.1) is 24.0 Å². The van der Waals surface area contributed by atoms with Gasteiger partial charge < -0.3 is 20.9 Å². The number of rotatable bonds is 8. The number of halogens is 1. The van der Waals surface area contributed by atoms with Gasteiger partial charge in [0.15, 0.2) is 5.96 Å². The highest BCUT2D eigenvalue weighted by atomic mass is 127. The first kappa shape index (κ1) is 21.2. The van der Waals surface area contributed by atoms with Gasteiger partial charge in [-0.3, -0.25) is 4.79 Å². The largest absolute Gasteiger partial charge is 0.357 e. The molecule has 1 aliphatic carbocycles. The highest BCUT2D eigenvalue weighted by Crippen LogP contribution is 2.28. The number of aromatic nitrogens is 2. The minimum Gasteiger partial charge on any atom is -0.357 e. The van der Waals surface area contributed by atoms with Crippen LogP contribution >= 0.6 is 24.0 Å². The highest BCUT2D eigenvalue weighted by Gasteiger charge is 2.28. The van der Waals surface area contributed by atoms with Crippen molar-refractivity contribution < 1.29 is 4.79 Å². The van der Waals surface area contributed by atoms with E-state index < -0.39 is 0 Å². The number of benzene rings is 1. The van der Waals surface area contributed by atoms with E-state index in [1.807, 2.05) is 43.5 Å². The molecular formula is C19H27IN6O. The summed E-state index contributed by atoms with van der Waals surface area (Å²) in [6.07, 6.45) is 3.88. The molecule has 1 aliphatic rings. The average Bonchev–Trinajstić information content (AvgIpc) is 3.42. The molecule has 1 fully saturated rings. The van der Waals surface area contributed by atoms with Crippen LogP contribution in [0.4, 0.5) is 0 Å². The van der Waals surface area contributed by atoms with Crippen LogP contribution in [0.15, 0.2) is 41.5 Å². The summed E-state index contributed by atoms with van der Waals surface area (Å²) < 4.78 is 0. The fourth-order valence-electron chi connectivity index (χ4n) is 2.56. The summed E-state index contributed by atoms with van der Waals surface area (Å²) in [5, 5.41) is 9.36. The Bertz CT molecular complexity index is 742. The zero-order valence-electron chi connectivity index (χ0n) is 15.5. The molecule has 1 aromatic carbocycles. The van der Waals surface area contributed by atoms with Gasteiger partial charge in [0.05, 0.1) is 11.9 Å². The topological polar surface area (TPSA) is 94.2 Å². The average molecular weight is 482 g/mol. The molecule has 1 heterocycles. The van der Waals surface area contributed by atoms with Gasteiger partial charge in [0, 0.05) is 25.6 Å². The van der Waals surface area contributed by atoms with Crippen molar-refractivity contribution in [3.63, 3.8) is 0 Å². The van der Waals surface area contributed by atoms with Crippen molar-refractivity contribution in [3.05, 3.63) is 42.4 Å². The maximum atomic E-state index is 11.6. The summed E-state index contributed by atoms with van der Waals surface area (Å²) in [7, 11) is 0. The molecule has 0 aliphatic heterocycles. The van der Waals surface area contributed by atoms with Crippen LogP contribution in [0.3, 0.4) is 0 Å². The molecule has 0 saturated heterocycles. The van der Waals surface area contributed by atoms with Gasteiger partial charge in [-0.2, -0.15) is 0 Å². The smallest absolute Gasteiger partial charge is 0.223 e. The van der Waals surface area contributed by atoms with Gasteiger partial charge in [0.2, 0.25) is 5.91 Å². The van der Waals surface area contributed by atoms with Crippen LogP contribution in [0.2, 0.25) is 0 Å². The lowest BCUT2D eigenvalue weighted by Gasteiger charge is -2.11. The van der Waals surface area contributed by atoms with E-state index in [-0.39, 0.29) is 35.8 Å². The Hall–Kier alpha value is -2.10. The number of hydrogen-bond acceptors (Lipinski definition) is 3. The van der Waals surface area contributed by atoms with E-state index >= 15 is 0 Å². The Morgan fingerprint density at radius 2 is 1.93 bits per heavy atom. The Labute approximate surface area is 176 Å². The van der Waals surface area contributed by atoms with Gasteiger partial charge in [0.1, 0.15) is 12.4 Å². The zero-order valence-corrected chi connectivity index (χ0v) is 17.8. The number of carbonyl (C=O) groups excluding carboxylic acids is 1. The van der Waals surface area contributed by atoms with Gasteiger partial charge >= 0.3 is 0 Å². The standard InChI is InChI=1S/C19H26N6O.HI/c1-2-20-19(22-11-10-21-18(26)15-8-9-15)24-13-17-23-12-16(25-17)14-6-4-3-5-7-14;/h3-7,12,15H,2,8-11,13H2,1H3,(H,21,26)(H,23,25)(H2,20,22,24);1H. The van der Waals surface area contributed by atoms with Gasteiger partial charge in [-0.1, -0.05) is 30.3 Å². The van der Waals surface area contributed by atoms with Crippen LogP contribution in [0.25, 0.3) is 11.3 Å². The molecule has 146 valence electrons.